The number of non-ortho nitro benzene ring substituents is 1. The number of nitrogens with zero attached hydrogens (tertiary/aromatic N) is 2. The van der Waals surface area contributed by atoms with Gasteiger partial charge < -0.3 is 5.32 Å². The molecule has 0 saturated carbocycles. The molecule has 28 heavy (non-hydrogen) atoms. The lowest BCUT2D eigenvalue weighted by atomic mass is 10.0. The average Bonchev–Trinajstić information content (AvgIpc) is 2.72. The molecule has 2 N–H and O–H groups in total. The molecule has 2 amide bonds. The van der Waals surface area contributed by atoms with E-state index < -0.39 is 10.8 Å². The van der Waals surface area contributed by atoms with Gasteiger partial charge in [-0.3, -0.25) is 19.7 Å². The van der Waals surface area contributed by atoms with Crippen LogP contribution >= 0.6 is 0 Å². The van der Waals surface area contributed by atoms with E-state index in [4.69, 9.17) is 0 Å². The molecule has 0 bridgehead atoms. The standard InChI is InChI=1S/C20H16N4O4/c25-19(23-22-12-14-8-10-16(11-9-14)24(27)28)13-21-20(26)18-7-3-5-15-4-1-2-6-17(15)18/h1-12H,13H2,(H,21,26)(H,23,25)/b22-12+. The Bertz CT molecular complexity index is 1060. The number of nitro groups is 1. The average molecular weight is 376 g/mol. The van der Waals surface area contributed by atoms with Gasteiger partial charge in [0, 0.05) is 17.7 Å². The minimum absolute atomic E-state index is 0.0302. The minimum Gasteiger partial charge on any atom is -0.343 e. The monoisotopic (exact) mass is 376 g/mol. The first-order valence-electron chi connectivity index (χ1n) is 8.37. The second kappa shape index (κ2) is 8.54. The van der Waals surface area contributed by atoms with Gasteiger partial charge in [-0.15, -0.1) is 0 Å². The third-order valence-corrected chi connectivity index (χ3v) is 3.95. The molecule has 0 aliphatic carbocycles. The summed E-state index contributed by atoms with van der Waals surface area (Å²) in [5, 5.41) is 18.7. The van der Waals surface area contributed by atoms with Crippen LogP contribution in [-0.2, 0) is 4.79 Å². The lowest BCUT2D eigenvalue weighted by Crippen LogP contribution is -2.35. The van der Waals surface area contributed by atoms with E-state index in [1.807, 2.05) is 30.3 Å². The van der Waals surface area contributed by atoms with Crippen LogP contribution in [0.15, 0.2) is 71.8 Å². The van der Waals surface area contributed by atoms with Gasteiger partial charge in [-0.05, 0) is 34.5 Å². The van der Waals surface area contributed by atoms with E-state index in [0.717, 1.165) is 10.8 Å². The van der Waals surface area contributed by atoms with Crippen LogP contribution in [0.3, 0.4) is 0 Å². The smallest absolute Gasteiger partial charge is 0.269 e. The molecule has 0 fully saturated rings. The normalized spacial score (nSPS) is 10.7. The summed E-state index contributed by atoms with van der Waals surface area (Å²) in [6, 6.07) is 18.6. The van der Waals surface area contributed by atoms with E-state index in [1.165, 1.54) is 30.5 Å². The summed E-state index contributed by atoms with van der Waals surface area (Å²) in [5.74, 6) is -0.849. The number of fused-ring (bicyclic) bond motifs is 1. The number of carbonyl (C=O) groups is 2. The van der Waals surface area contributed by atoms with Crippen LogP contribution in [0, 0.1) is 10.1 Å². The lowest BCUT2D eigenvalue weighted by molar-refractivity contribution is -0.384. The van der Waals surface area contributed by atoms with Gasteiger partial charge >= 0.3 is 0 Å². The van der Waals surface area contributed by atoms with Gasteiger partial charge in [-0.25, -0.2) is 5.43 Å². The summed E-state index contributed by atoms with van der Waals surface area (Å²) in [6.45, 7) is -0.236. The fourth-order valence-corrected chi connectivity index (χ4v) is 2.58. The number of amides is 2. The molecule has 0 atom stereocenters. The predicted molar refractivity (Wildman–Crippen MR) is 105 cm³/mol. The fourth-order valence-electron chi connectivity index (χ4n) is 2.58. The number of nitrogens with one attached hydrogen (secondary N) is 2. The highest BCUT2D eigenvalue weighted by atomic mass is 16.6. The van der Waals surface area contributed by atoms with Crippen LogP contribution in [0.2, 0.25) is 0 Å². The molecular formula is C20H16N4O4. The Labute approximate surface area is 160 Å². The number of rotatable bonds is 6. The van der Waals surface area contributed by atoms with Crippen LogP contribution in [-0.4, -0.2) is 29.5 Å². The molecule has 3 aromatic carbocycles. The fraction of sp³-hybridized carbons (Fsp3) is 0.0500. The van der Waals surface area contributed by atoms with Gasteiger partial charge in [0.15, 0.2) is 0 Å². The Kier molecular flexibility index (Phi) is 5.71. The van der Waals surface area contributed by atoms with E-state index in [2.05, 4.69) is 15.8 Å². The van der Waals surface area contributed by atoms with E-state index in [-0.39, 0.29) is 18.1 Å². The van der Waals surface area contributed by atoms with Crippen molar-refractivity contribution in [2.24, 2.45) is 5.10 Å². The number of carbonyl (C=O) groups excluding carboxylic acids is 2. The molecular weight excluding hydrogens is 360 g/mol. The van der Waals surface area contributed by atoms with Crippen molar-refractivity contribution in [2.75, 3.05) is 6.54 Å². The summed E-state index contributed by atoms with van der Waals surface area (Å²) in [5.41, 5.74) is 3.34. The first kappa shape index (κ1) is 18.7. The first-order chi connectivity index (χ1) is 13.5. The van der Waals surface area contributed by atoms with Gasteiger partial charge in [0.25, 0.3) is 17.5 Å². The van der Waals surface area contributed by atoms with Crippen LogP contribution < -0.4 is 10.7 Å². The van der Waals surface area contributed by atoms with Gasteiger partial charge in [-0.2, -0.15) is 5.10 Å². The molecule has 140 valence electrons. The zero-order valence-electron chi connectivity index (χ0n) is 14.7. The highest BCUT2D eigenvalue weighted by Crippen LogP contribution is 2.18. The highest BCUT2D eigenvalue weighted by molar-refractivity contribution is 6.07. The Balaban J connectivity index is 1.53. The molecule has 0 heterocycles. The third-order valence-electron chi connectivity index (χ3n) is 3.95. The molecule has 0 aliphatic rings. The Morgan fingerprint density at radius 3 is 2.46 bits per heavy atom. The molecule has 8 nitrogen and oxygen atoms in total. The Morgan fingerprint density at radius 1 is 1.00 bits per heavy atom. The molecule has 0 unspecified atom stereocenters. The maximum absolute atomic E-state index is 12.4. The van der Waals surface area contributed by atoms with E-state index >= 15 is 0 Å². The zero-order chi connectivity index (χ0) is 19.9. The van der Waals surface area contributed by atoms with E-state index in [0.29, 0.717) is 11.1 Å². The summed E-state index contributed by atoms with van der Waals surface area (Å²) in [7, 11) is 0. The quantitative estimate of drug-likeness (QED) is 0.391. The molecule has 3 aromatic rings. The predicted octanol–water partition coefficient (Wildman–Crippen LogP) is 2.63. The van der Waals surface area contributed by atoms with Crippen LogP contribution in [0.25, 0.3) is 10.8 Å². The zero-order valence-corrected chi connectivity index (χ0v) is 14.7. The second-order valence-corrected chi connectivity index (χ2v) is 5.85. The van der Waals surface area contributed by atoms with Crippen molar-refractivity contribution in [1.29, 1.82) is 0 Å². The molecule has 3 rings (SSSR count). The SMILES string of the molecule is O=C(CNC(=O)c1cccc2ccccc12)N/N=C/c1ccc([N+](=O)[O-])cc1. The van der Waals surface area contributed by atoms with Crippen molar-refractivity contribution < 1.29 is 14.5 Å². The van der Waals surface area contributed by atoms with Crippen LogP contribution in [0.5, 0.6) is 0 Å². The second-order valence-electron chi connectivity index (χ2n) is 5.85. The summed E-state index contributed by atoms with van der Waals surface area (Å²) >= 11 is 0. The third kappa shape index (κ3) is 4.55. The lowest BCUT2D eigenvalue weighted by Gasteiger charge is -2.07. The molecule has 0 spiro atoms. The summed E-state index contributed by atoms with van der Waals surface area (Å²) in [6.07, 6.45) is 1.36. The van der Waals surface area contributed by atoms with Crippen molar-refractivity contribution in [3.05, 3.63) is 88.0 Å². The largest absolute Gasteiger partial charge is 0.343 e. The number of hydrogen-bond acceptors (Lipinski definition) is 5. The van der Waals surface area contributed by atoms with E-state index in [9.17, 15) is 19.7 Å². The molecule has 0 saturated heterocycles. The maximum Gasteiger partial charge on any atom is 0.269 e. The number of hydrogen-bond donors (Lipinski definition) is 2. The van der Waals surface area contributed by atoms with Crippen molar-refractivity contribution in [3.8, 4) is 0 Å². The Morgan fingerprint density at radius 2 is 1.71 bits per heavy atom. The van der Waals surface area contributed by atoms with Crippen LogP contribution in [0.1, 0.15) is 15.9 Å². The molecule has 0 aliphatic heterocycles. The highest BCUT2D eigenvalue weighted by Gasteiger charge is 2.10. The maximum atomic E-state index is 12.4. The van der Waals surface area contributed by atoms with Gasteiger partial charge in [-0.1, -0.05) is 36.4 Å². The summed E-state index contributed by atoms with van der Waals surface area (Å²) in [4.78, 5) is 34.3. The van der Waals surface area contributed by atoms with Gasteiger partial charge in [0.1, 0.15) is 0 Å². The minimum atomic E-state index is -0.499. The van der Waals surface area contributed by atoms with Crippen molar-refractivity contribution >= 4 is 34.5 Å². The van der Waals surface area contributed by atoms with Crippen molar-refractivity contribution in [3.63, 3.8) is 0 Å². The topological polar surface area (TPSA) is 114 Å². The number of nitro benzene ring substituents is 1. The number of benzene rings is 3. The molecule has 0 radical (unpaired) electrons. The van der Waals surface area contributed by atoms with E-state index in [1.54, 1.807) is 12.1 Å². The van der Waals surface area contributed by atoms with Crippen molar-refractivity contribution in [2.45, 2.75) is 0 Å². The summed E-state index contributed by atoms with van der Waals surface area (Å²) < 4.78 is 0. The first-order valence-corrected chi connectivity index (χ1v) is 8.37. The Hall–Kier alpha value is -4.07. The number of hydrazone groups is 1. The van der Waals surface area contributed by atoms with Gasteiger partial charge in [0.2, 0.25) is 0 Å². The van der Waals surface area contributed by atoms with Gasteiger partial charge in [0.05, 0.1) is 17.7 Å². The molecule has 0 aromatic heterocycles. The van der Waals surface area contributed by atoms with Crippen molar-refractivity contribution in [1.82, 2.24) is 10.7 Å². The van der Waals surface area contributed by atoms with Crippen LogP contribution in [0.4, 0.5) is 5.69 Å². The molecule has 8 heteroatoms.